The highest BCUT2D eigenvalue weighted by atomic mass is 19.2. The van der Waals surface area contributed by atoms with Crippen LogP contribution in [0.2, 0.25) is 0 Å². The standard InChI is InChI=1S/C36H10BF13O3/c38-15-5-7-20(13-9-18(41)28(43)30(45)23(13)15)51-37(52-21-8-6-16(39)24-14(21)10-19(42)29(44)31(24)46)53-36-12-3-1-11-2-4-17(40)26-22(11)25(12)27(33(48)32(26)47)34(49)35(36)50/h1-10H. The van der Waals surface area contributed by atoms with Gasteiger partial charge in [0.1, 0.15) is 29.0 Å². The van der Waals surface area contributed by atoms with Crippen molar-refractivity contribution >= 4 is 61.2 Å². The van der Waals surface area contributed by atoms with Crippen LogP contribution in [0, 0.1) is 75.6 Å². The van der Waals surface area contributed by atoms with Crippen LogP contribution in [-0.2, 0) is 0 Å². The predicted octanol–water partition coefficient (Wildman–Crippen LogP) is 11.2. The number of halogens is 13. The summed E-state index contributed by atoms with van der Waals surface area (Å²) in [6, 6.07) is 7.12. The number of rotatable bonds is 6. The normalized spacial score (nSPS) is 11.9. The van der Waals surface area contributed by atoms with Crippen LogP contribution < -0.4 is 14.0 Å². The first-order chi connectivity index (χ1) is 25.2. The molecule has 0 unspecified atom stereocenters. The summed E-state index contributed by atoms with van der Waals surface area (Å²) in [5.41, 5.74) is 0. The van der Waals surface area contributed by atoms with Gasteiger partial charge in [-0.15, -0.1) is 0 Å². The molecule has 3 nitrogen and oxygen atoms in total. The summed E-state index contributed by atoms with van der Waals surface area (Å²) in [6.45, 7) is 0. The highest BCUT2D eigenvalue weighted by Crippen LogP contribution is 2.45. The maximum absolute atomic E-state index is 16.0. The summed E-state index contributed by atoms with van der Waals surface area (Å²) in [7, 11) is -2.66. The van der Waals surface area contributed by atoms with E-state index in [-0.39, 0.29) is 17.5 Å². The van der Waals surface area contributed by atoms with Crippen molar-refractivity contribution in [2.45, 2.75) is 0 Å². The average molecular weight is 748 g/mol. The summed E-state index contributed by atoms with van der Waals surface area (Å²) in [6.07, 6.45) is 0. The molecule has 17 heteroatoms. The largest absolute Gasteiger partial charge is 0.864 e. The van der Waals surface area contributed by atoms with E-state index < -0.39 is 149 Å². The topological polar surface area (TPSA) is 27.7 Å². The van der Waals surface area contributed by atoms with Gasteiger partial charge in [0.25, 0.3) is 0 Å². The van der Waals surface area contributed by atoms with Crippen LogP contribution in [0.3, 0.4) is 0 Å². The molecule has 0 radical (unpaired) electrons. The molecule has 8 aromatic rings. The van der Waals surface area contributed by atoms with Crippen LogP contribution >= 0.6 is 0 Å². The fourth-order valence-corrected chi connectivity index (χ4v) is 6.31. The Balaban J connectivity index is 1.38. The molecule has 0 aromatic heterocycles. The first kappa shape index (κ1) is 34.0. The number of hydrogen-bond donors (Lipinski definition) is 0. The van der Waals surface area contributed by atoms with E-state index in [1.807, 2.05) is 0 Å². The van der Waals surface area contributed by atoms with Crippen LogP contribution in [0.15, 0.2) is 60.7 Å². The van der Waals surface area contributed by atoms with Gasteiger partial charge in [-0.3, -0.25) is 0 Å². The van der Waals surface area contributed by atoms with Crippen molar-refractivity contribution in [3.8, 4) is 17.2 Å². The third-order valence-electron chi connectivity index (χ3n) is 8.63. The molecule has 0 fully saturated rings. The Kier molecular flexibility index (Phi) is 7.67. The van der Waals surface area contributed by atoms with Crippen molar-refractivity contribution in [2.75, 3.05) is 0 Å². The molecule has 8 rings (SSSR count). The maximum atomic E-state index is 16.0. The Bertz CT molecular complexity index is 2780. The lowest BCUT2D eigenvalue weighted by Crippen LogP contribution is -2.37. The lowest BCUT2D eigenvalue weighted by molar-refractivity contribution is 0.302. The lowest BCUT2D eigenvalue weighted by atomic mass is 9.92. The summed E-state index contributed by atoms with van der Waals surface area (Å²) in [5.74, 6) is -26.8. The second-order valence-electron chi connectivity index (χ2n) is 11.5. The number of fused-ring (bicyclic) bond motifs is 2. The van der Waals surface area contributed by atoms with Crippen molar-refractivity contribution in [1.29, 1.82) is 0 Å². The van der Waals surface area contributed by atoms with Gasteiger partial charge in [0.2, 0.25) is 0 Å². The number of benzene rings is 8. The zero-order chi connectivity index (χ0) is 37.8. The van der Waals surface area contributed by atoms with Crippen molar-refractivity contribution in [3.63, 3.8) is 0 Å². The van der Waals surface area contributed by atoms with E-state index in [0.29, 0.717) is 24.3 Å². The molecule has 0 aliphatic heterocycles. The van der Waals surface area contributed by atoms with Gasteiger partial charge >= 0.3 is 7.32 Å². The van der Waals surface area contributed by atoms with Crippen LogP contribution in [0.5, 0.6) is 17.2 Å². The van der Waals surface area contributed by atoms with Crippen LogP contribution in [0.1, 0.15) is 0 Å². The van der Waals surface area contributed by atoms with E-state index in [1.54, 1.807) is 0 Å². The highest BCUT2D eigenvalue weighted by Gasteiger charge is 2.37. The Morgan fingerprint density at radius 3 is 1.30 bits per heavy atom. The summed E-state index contributed by atoms with van der Waals surface area (Å²) in [5, 5.41) is -7.81. The van der Waals surface area contributed by atoms with Gasteiger partial charge in [0.05, 0.1) is 21.5 Å². The molecule has 53 heavy (non-hydrogen) atoms. The molecule has 0 N–H and O–H groups in total. The Morgan fingerprint density at radius 2 is 0.755 bits per heavy atom. The first-order valence-electron chi connectivity index (χ1n) is 14.8. The number of hydrogen-bond acceptors (Lipinski definition) is 3. The van der Waals surface area contributed by atoms with Gasteiger partial charge in [-0.25, -0.2) is 52.7 Å². The molecule has 8 aromatic carbocycles. The molecular weight excluding hydrogens is 738 g/mol. The van der Waals surface area contributed by atoms with Gasteiger partial charge in [0, 0.05) is 26.9 Å². The summed E-state index contributed by atoms with van der Waals surface area (Å²) >= 11 is 0. The summed E-state index contributed by atoms with van der Waals surface area (Å²) < 4.78 is 209. The Hall–Kier alpha value is -6.13. The second-order valence-corrected chi connectivity index (χ2v) is 11.5. The molecule has 0 heterocycles. The average Bonchev–Trinajstić information content (AvgIpc) is 3.12. The summed E-state index contributed by atoms with van der Waals surface area (Å²) in [4.78, 5) is 0. The quantitative estimate of drug-likeness (QED) is 0.0734. The molecule has 0 bridgehead atoms. The monoisotopic (exact) mass is 748 g/mol. The molecule has 0 aliphatic rings. The molecule has 266 valence electrons. The van der Waals surface area contributed by atoms with E-state index in [0.717, 1.165) is 18.2 Å². The van der Waals surface area contributed by atoms with Crippen molar-refractivity contribution in [2.24, 2.45) is 0 Å². The third kappa shape index (κ3) is 4.93. The van der Waals surface area contributed by atoms with Gasteiger partial charge in [0.15, 0.2) is 63.9 Å². The highest BCUT2D eigenvalue weighted by molar-refractivity contribution is 6.40. The minimum Gasteiger partial charge on any atom is -0.489 e. The van der Waals surface area contributed by atoms with Crippen molar-refractivity contribution in [1.82, 2.24) is 0 Å². The van der Waals surface area contributed by atoms with Crippen LogP contribution in [0.4, 0.5) is 57.1 Å². The van der Waals surface area contributed by atoms with E-state index in [1.165, 1.54) is 6.07 Å². The van der Waals surface area contributed by atoms with Crippen LogP contribution in [-0.4, -0.2) is 7.32 Å². The second kappa shape index (κ2) is 12.0. The van der Waals surface area contributed by atoms with E-state index in [2.05, 4.69) is 0 Å². The molecular formula is C36H10BF13O3. The fraction of sp³-hybridized carbons (Fsp3) is 0. The zero-order valence-corrected chi connectivity index (χ0v) is 25.5. The molecule has 0 aliphatic carbocycles. The molecule has 0 atom stereocenters. The third-order valence-corrected chi connectivity index (χ3v) is 8.63. The van der Waals surface area contributed by atoms with Gasteiger partial charge in [-0.05, 0) is 53.9 Å². The lowest BCUT2D eigenvalue weighted by Gasteiger charge is -2.22. The first-order valence-corrected chi connectivity index (χ1v) is 14.8. The molecule has 0 amide bonds. The van der Waals surface area contributed by atoms with Gasteiger partial charge < -0.3 is 14.0 Å². The molecule has 0 saturated carbocycles. The van der Waals surface area contributed by atoms with Gasteiger partial charge in [-0.1, -0.05) is 12.1 Å². The van der Waals surface area contributed by atoms with Gasteiger partial charge in [-0.2, -0.15) is 4.39 Å². The smallest absolute Gasteiger partial charge is 0.489 e. The Morgan fingerprint density at radius 1 is 0.321 bits per heavy atom. The van der Waals surface area contributed by atoms with E-state index in [4.69, 9.17) is 14.0 Å². The minimum atomic E-state index is -2.66. The van der Waals surface area contributed by atoms with Crippen LogP contribution in [0.25, 0.3) is 53.9 Å². The van der Waals surface area contributed by atoms with Crippen molar-refractivity contribution in [3.05, 3.63) is 136 Å². The fourth-order valence-electron chi connectivity index (χ4n) is 6.31. The SMILES string of the molecule is Fc1cc2c(OB(Oc3ccc(F)c4c(F)c(F)c(F)cc34)Oc3c(F)c(F)c4c(F)c(F)c5c(F)ccc6ccc3c4c65)ccc(F)c2c(F)c1F. The Labute approximate surface area is 285 Å². The van der Waals surface area contributed by atoms with E-state index >= 15 is 17.6 Å². The van der Waals surface area contributed by atoms with Crippen molar-refractivity contribution < 1.29 is 71.0 Å². The zero-order valence-electron chi connectivity index (χ0n) is 25.5. The molecule has 0 spiro atoms. The minimum absolute atomic E-state index is 0.0296. The van der Waals surface area contributed by atoms with E-state index in [9.17, 15) is 39.5 Å². The molecule has 0 saturated heterocycles. The predicted molar refractivity (Wildman–Crippen MR) is 165 cm³/mol. The maximum Gasteiger partial charge on any atom is 0.864 e.